The number of methoxy groups -OCH3 is 1. The van der Waals surface area contributed by atoms with Gasteiger partial charge in [0.2, 0.25) is 5.91 Å². The van der Waals surface area contributed by atoms with Gasteiger partial charge in [0.15, 0.2) is 0 Å². The number of benzene rings is 2. The maximum absolute atomic E-state index is 13.0. The van der Waals surface area contributed by atoms with Crippen molar-refractivity contribution in [3.05, 3.63) is 41.4 Å². The number of fused-ring (bicyclic) bond motifs is 1. The molecule has 0 aliphatic carbocycles. The number of piperidine rings is 1. The highest BCUT2D eigenvalue weighted by atomic mass is 35.5. The Morgan fingerprint density at radius 2 is 1.78 bits per heavy atom. The molecule has 2 fully saturated rings. The van der Waals surface area contributed by atoms with Gasteiger partial charge in [0.1, 0.15) is 11.6 Å². The third kappa shape index (κ3) is 5.93. The first-order valence-electron chi connectivity index (χ1n) is 12.5. The van der Waals surface area contributed by atoms with E-state index < -0.39 is 0 Å². The third-order valence-corrected chi connectivity index (χ3v) is 7.35. The number of hydrogen-bond acceptors (Lipinski definition) is 5. The molecule has 3 aromatic rings. The molecule has 192 valence electrons. The lowest BCUT2D eigenvalue weighted by Gasteiger charge is -2.35. The van der Waals surface area contributed by atoms with Crippen LogP contribution in [0.1, 0.15) is 38.5 Å². The molecule has 2 aromatic carbocycles. The molecule has 0 spiro atoms. The fourth-order valence-corrected chi connectivity index (χ4v) is 5.28. The van der Waals surface area contributed by atoms with Crippen molar-refractivity contribution in [2.75, 3.05) is 38.2 Å². The topological polar surface area (TPSA) is 98.8 Å². The number of halogens is 1. The number of likely N-dealkylation sites (tertiary alicyclic amines) is 1. The molecule has 36 heavy (non-hydrogen) atoms. The van der Waals surface area contributed by atoms with E-state index in [0.29, 0.717) is 10.9 Å². The molecule has 2 aliphatic heterocycles. The number of nitrogens with zero attached hydrogens (tertiary/aromatic N) is 3. The number of imidazole rings is 1. The van der Waals surface area contributed by atoms with Crippen LogP contribution in [0.2, 0.25) is 5.02 Å². The quantitative estimate of drug-likeness (QED) is 0.465. The molecule has 0 bridgehead atoms. The van der Waals surface area contributed by atoms with E-state index in [1.165, 1.54) is 12.8 Å². The van der Waals surface area contributed by atoms with Gasteiger partial charge in [-0.2, -0.15) is 0 Å². The SMILES string of the molecule is COc1ccc2nc(-c3cc(N4CCC(C(=O)N5CCCCCC5)CC4)ccc3Cl)[nH]c2c1.O=CO. The van der Waals surface area contributed by atoms with Crippen LogP contribution in [-0.2, 0) is 9.59 Å². The first kappa shape index (κ1) is 25.8. The van der Waals surface area contributed by atoms with Crippen LogP contribution in [0.4, 0.5) is 5.69 Å². The normalized spacial score (nSPS) is 16.7. The number of carboxylic acid groups (broad SMARTS) is 1. The van der Waals surface area contributed by atoms with Gasteiger partial charge in [0, 0.05) is 49.4 Å². The van der Waals surface area contributed by atoms with Crippen molar-refractivity contribution in [2.24, 2.45) is 5.92 Å². The van der Waals surface area contributed by atoms with Crippen molar-refractivity contribution < 1.29 is 19.4 Å². The second-order valence-electron chi connectivity index (χ2n) is 9.24. The first-order chi connectivity index (χ1) is 17.5. The Morgan fingerprint density at radius 1 is 1.08 bits per heavy atom. The van der Waals surface area contributed by atoms with Gasteiger partial charge in [-0.3, -0.25) is 9.59 Å². The Labute approximate surface area is 216 Å². The minimum Gasteiger partial charge on any atom is -0.497 e. The van der Waals surface area contributed by atoms with E-state index >= 15 is 0 Å². The Kier molecular flexibility index (Phi) is 8.70. The van der Waals surface area contributed by atoms with Gasteiger partial charge in [-0.15, -0.1) is 0 Å². The fourth-order valence-electron chi connectivity index (χ4n) is 5.07. The van der Waals surface area contributed by atoms with Crippen LogP contribution in [0.25, 0.3) is 22.4 Å². The molecule has 2 N–H and O–H groups in total. The van der Waals surface area contributed by atoms with Crippen molar-refractivity contribution in [2.45, 2.75) is 38.5 Å². The fraction of sp³-hybridized carbons (Fsp3) is 0.444. The summed E-state index contributed by atoms with van der Waals surface area (Å²) in [5.41, 5.74) is 3.79. The van der Waals surface area contributed by atoms with E-state index in [1.54, 1.807) is 7.11 Å². The average molecular weight is 513 g/mol. The minimum atomic E-state index is -0.250. The molecular weight excluding hydrogens is 480 g/mol. The number of anilines is 1. The second-order valence-corrected chi connectivity index (χ2v) is 9.65. The van der Waals surface area contributed by atoms with Gasteiger partial charge >= 0.3 is 0 Å². The zero-order valence-corrected chi connectivity index (χ0v) is 21.3. The van der Waals surface area contributed by atoms with Gasteiger partial charge in [0.05, 0.1) is 23.2 Å². The van der Waals surface area contributed by atoms with Crippen LogP contribution in [-0.4, -0.2) is 65.6 Å². The Balaban J connectivity index is 0.000000967. The van der Waals surface area contributed by atoms with Crippen molar-refractivity contribution in [3.63, 3.8) is 0 Å². The predicted molar refractivity (Wildman–Crippen MR) is 142 cm³/mol. The van der Waals surface area contributed by atoms with Crippen LogP contribution in [0.3, 0.4) is 0 Å². The number of carbonyl (C=O) groups excluding carboxylic acids is 1. The molecule has 5 rings (SSSR count). The number of H-pyrrole nitrogens is 1. The van der Waals surface area contributed by atoms with Crippen LogP contribution < -0.4 is 9.64 Å². The number of aromatic nitrogens is 2. The maximum atomic E-state index is 13.0. The minimum absolute atomic E-state index is 0.150. The number of carbonyl (C=O) groups is 2. The van der Waals surface area contributed by atoms with Crippen molar-refractivity contribution >= 4 is 40.7 Å². The molecule has 0 atom stereocenters. The summed E-state index contributed by atoms with van der Waals surface area (Å²) in [6.45, 7) is 3.37. The third-order valence-electron chi connectivity index (χ3n) is 7.02. The summed E-state index contributed by atoms with van der Waals surface area (Å²) in [4.78, 5) is 34.0. The molecule has 9 heteroatoms. The first-order valence-corrected chi connectivity index (χ1v) is 12.9. The highest BCUT2D eigenvalue weighted by molar-refractivity contribution is 6.33. The number of rotatable bonds is 4. The smallest absolute Gasteiger partial charge is 0.290 e. The van der Waals surface area contributed by atoms with Gasteiger partial charge in [-0.1, -0.05) is 24.4 Å². The highest BCUT2D eigenvalue weighted by Crippen LogP contribution is 2.34. The summed E-state index contributed by atoms with van der Waals surface area (Å²) in [6.07, 6.45) is 6.59. The molecule has 2 aliphatic rings. The van der Waals surface area contributed by atoms with E-state index in [4.69, 9.17) is 31.2 Å². The van der Waals surface area contributed by atoms with Gasteiger partial charge in [-0.25, -0.2) is 4.98 Å². The number of amides is 1. The van der Waals surface area contributed by atoms with Crippen molar-refractivity contribution in [1.82, 2.24) is 14.9 Å². The summed E-state index contributed by atoms with van der Waals surface area (Å²) >= 11 is 6.57. The molecule has 0 unspecified atom stereocenters. The molecule has 3 heterocycles. The molecular formula is C27H33ClN4O4. The van der Waals surface area contributed by atoms with Gasteiger partial charge < -0.3 is 24.6 Å². The van der Waals surface area contributed by atoms with Crippen LogP contribution >= 0.6 is 11.6 Å². The number of nitrogens with one attached hydrogen (secondary N) is 1. The molecule has 1 amide bonds. The van der Waals surface area contributed by atoms with Crippen molar-refractivity contribution in [3.8, 4) is 17.1 Å². The Bertz CT molecular complexity index is 1180. The Morgan fingerprint density at radius 3 is 2.44 bits per heavy atom. The predicted octanol–water partition coefficient (Wildman–Crippen LogP) is 5.21. The molecule has 2 saturated heterocycles. The largest absolute Gasteiger partial charge is 0.497 e. The molecule has 1 aromatic heterocycles. The average Bonchev–Trinajstić information content (AvgIpc) is 3.13. The van der Waals surface area contributed by atoms with E-state index in [9.17, 15) is 4.79 Å². The van der Waals surface area contributed by atoms with Crippen LogP contribution in [0.15, 0.2) is 36.4 Å². The number of hydrogen-bond donors (Lipinski definition) is 2. The number of ether oxygens (including phenoxy) is 1. The van der Waals surface area contributed by atoms with E-state index in [-0.39, 0.29) is 12.4 Å². The molecule has 0 saturated carbocycles. The highest BCUT2D eigenvalue weighted by Gasteiger charge is 2.29. The monoisotopic (exact) mass is 512 g/mol. The number of aromatic amines is 1. The zero-order valence-electron chi connectivity index (χ0n) is 20.6. The summed E-state index contributed by atoms with van der Waals surface area (Å²) in [6, 6.07) is 11.9. The summed E-state index contributed by atoms with van der Waals surface area (Å²) in [5.74, 6) is 2.05. The standard InChI is InChI=1S/C26H31ClN4O2.CH2O2/c1-33-20-7-9-23-24(17-20)29-25(28-23)21-16-19(6-8-22(21)27)30-14-10-18(11-15-30)26(32)31-12-4-2-3-5-13-31;2-1-3/h6-9,16-18H,2-5,10-15H2,1H3,(H,28,29);1H,(H,2,3). The van der Waals surface area contributed by atoms with Crippen LogP contribution in [0, 0.1) is 5.92 Å². The second kappa shape index (κ2) is 12.1. The maximum Gasteiger partial charge on any atom is 0.290 e. The summed E-state index contributed by atoms with van der Waals surface area (Å²) in [7, 11) is 1.66. The molecule has 0 radical (unpaired) electrons. The van der Waals surface area contributed by atoms with Gasteiger partial charge in [0.25, 0.3) is 6.47 Å². The lowest BCUT2D eigenvalue weighted by Crippen LogP contribution is -2.43. The zero-order chi connectivity index (χ0) is 25.5. The van der Waals surface area contributed by atoms with Gasteiger partial charge in [-0.05, 0) is 56.0 Å². The summed E-state index contributed by atoms with van der Waals surface area (Å²) < 4.78 is 5.32. The lowest BCUT2D eigenvalue weighted by molar-refractivity contribution is -0.136. The lowest BCUT2D eigenvalue weighted by atomic mass is 9.94. The van der Waals surface area contributed by atoms with E-state index in [1.807, 2.05) is 24.3 Å². The van der Waals surface area contributed by atoms with E-state index in [0.717, 1.165) is 85.7 Å². The molecule has 8 nitrogen and oxygen atoms in total. The van der Waals surface area contributed by atoms with E-state index in [2.05, 4.69) is 26.9 Å². The van der Waals surface area contributed by atoms with Crippen molar-refractivity contribution in [1.29, 1.82) is 0 Å². The van der Waals surface area contributed by atoms with Crippen LogP contribution in [0.5, 0.6) is 5.75 Å². The Hall–Kier alpha value is -3.26. The summed E-state index contributed by atoms with van der Waals surface area (Å²) in [5, 5.41) is 7.55.